The van der Waals surface area contributed by atoms with Crippen molar-refractivity contribution in [3.8, 4) is 0 Å². The number of amides is 2. The highest BCUT2D eigenvalue weighted by molar-refractivity contribution is 5.82. The molecule has 1 fully saturated rings. The summed E-state index contributed by atoms with van der Waals surface area (Å²) in [6.07, 6.45) is 1.17. The molecule has 2 amide bonds. The lowest BCUT2D eigenvalue weighted by molar-refractivity contribution is -0.126. The lowest BCUT2D eigenvalue weighted by Gasteiger charge is -2.24. The van der Waals surface area contributed by atoms with Crippen LogP contribution in [0.15, 0.2) is 0 Å². The SMILES string of the molecule is C[C@@H](N)C(=O)NC1CCC(=O)NC1. The smallest absolute Gasteiger partial charge is 0.236 e. The second-order valence-electron chi connectivity index (χ2n) is 3.34. The fraction of sp³-hybridized carbons (Fsp3) is 0.750. The average molecular weight is 185 g/mol. The fourth-order valence-corrected chi connectivity index (χ4v) is 1.19. The molecule has 4 N–H and O–H groups in total. The highest BCUT2D eigenvalue weighted by atomic mass is 16.2. The van der Waals surface area contributed by atoms with Gasteiger partial charge in [-0.1, -0.05) is 0 Å². The number of piperidine rings is 1. The molecule has 0 aromatic rings. The number of nitrogens with two attached hydrogens (primary N) is 1. The zero-order valence-electron chi connectivity index (χ0n) is 7.67. The molecule has 0 aromatic heterocycles. The molecule has 1 saturated heterocycles. The van der Waals surface area contributed by atoms with Crippen LogP contribution in [0.4, 0.5) is 0 Å². The molecular formula is C8H15N3O2. The normalized spacial score (nSPS) is 24.8. The molecule has 74 valence electrons. The summed E-state index contributed by atoms with van der Waals surface area (Å²) >= 11 is 0. The van der Waals surface area contributed by atoms with E-state index in [-0.39, 0.29) is 17.9 Å². The van der Waals surface area contributed by atoms with Crippen LogP contribution in [-0.4, -0.2) is 30.4 Å². The van der Waals surface area contributed by atoms with Gasteiger partial charge in [0.15, 0.2) is 0 Å². The van der Waals surface area contributed by atoms with E-state index < -0.39 is 6.04 Å². The van der Waals surface area contributed by atoms with Gasteiger partial charge >= 0.3 is 0 Å². The monoisotopic (exact) mass is 185 g/mol. The van der Waals surface area contributed by atoms with Crippen molar-refractivity contribution >= 4 is 11.8 Å². The fourth-order valence-electron chi connectivity index (χ4n) is 1.19. The predicted molar refractivity (Wildman–Crippen MR) is 47.8 cm³/mol. The van der Waals surface area contributed by atoms with E-state index in [1.54, 1.807) is 6.92 Å². The Hall–Kier alpha value is -1.10. The van der Waals surface area contributed by atoms with Crippen LogP contribution in [0.5, 0.6) is 0 Å². The largest absolute Gasteiger partial charge is 0.354 e. The Labute approximate surface area is 77.1 Å². The van der Waals surface area contributed by atoms with Crippen LogP contribution in [-0.2, 0) is 9.59 Å². The molecule has 1 aliphatic heterocycles. The van der Waals surface area contributed by atoms with Crippen LogP contribution in [0.1, 0.15) is 19.8 Å². The molecular weight excluding hydrogens is 170 g/mol. The zero-order valence-corrected chi connectivity index (χ0v) is 7.67. The van der Waals surface area contributed by atoms with Gasteiger partial charge in [0, 0.05) is 19.0 Å². The number of hydrogen-bond donors (Lipinski definition) is 3. The molecule has 0 saturated carbocycles. The first kappa shape index (κ1) is 9.98. The molecule has 1 rings (SSSR count). The van der Waals surface area contributed by atoms with E-state index in [9.17, 15) is 9.59 Å². The van der Waals surface area contributed by atoms with Gasteiger partial charge in [0.2, 0.25) is 11.8 Å². The number of rotatable bonds is 2. The summed E-state index contributed by atoms with van der Waals surface area (Å²) < 4.78 is 0. The van der Waals surface area contributed by atoms with Gasteiger partial charge in [-0.05, 0) is 13.3 Å². The molecule has 0 bridgehead atoms. The molecule has 0 aliphatic carbocycles. The third kappa shape index (κ3) is 3.02. The van der Waals surface area contributed by atoms with Crippen molar-refractivity contribution in [1.29, 1.82) is 0 Å². The highest BCUT2D eigenvalue weighted by Gasteiger charge is 2.20. The van der Waals surface area contributed by atoms with E-state index in [4.69, 9.17) is 5.73 Å². The van der Waals surface area contributed by atoms with Crippen molar-refractivity contribution in [2.75, 3.05) is 6.54 Å². The van der Waals surface area contributed by atoms with Gasteiger partial charge in [0.1, 0.15) is 0 Å². The molecule has 5 heteroatoms. The quantitative estimate of drug-likeness (QED) is 0.501. The van der Waals surface area contributed by atoms with Crippen LogP contribution in [0, 0.1) is 0 Å². The zero-order chi connectivity index (χ0) is 9.84. The van der Waals surface area contributed by atoms with Crippen molar-refractivity contribution in [2.45, 2.75) is 31.8 Å². The van der Waals surface area contributed by atoms with Crippen LogP contribution in [0.2, 0.25) is 0 Å². The van der Waals surface area contributed by atoms with Gasteiger partial charge in [0.25, 0.3) is 0 Å². The first-order valence-corrected chi connectivity index (χ1v) is 4.42. The van der Waals surface area contributed by atoms with Gasteiger partial charge in [-0.2, -0.15) is 0 Å². The number of hydrogen-bond acceptors (Lipinski definition) is 3. The number of nitrogens with one attached hydrogen (secondary N) is 2. The van der Waals surface area contributed by atoms with Crippen molar-refractivity contribution in [2.24, 2.45) is 5.73 Å². The molecule has 2 atom stereocenters. The topological polar surface area (TPSA) is 84.2 Å². The summed E-state index contributed by atoms with van der Waals surface area (Å²) in [5.74, 6) is -0.118. The highest BCUT2D eigenvalue weighted by Crippen LogP contribution is 2.02. The lowest BCUT2D eigenvalue weighted by atomic mass is 10.1. The molecule has 0 radical (unpaired) electrons. The molecule has 5 nitrogen and oxygen atoms in total. The average Bonchev–Trinajstić information content (AvgIpc) is 2.08. The van der Waals surface area contributed by atoms with E-state index in [1.807, 2.05) is 0 Å². The van der Waals surface area contributed by atoms with E-state index in [0.29, 0.717) is 19.4 Å². The van der Waals surface area contributed by atoms with Crippen LogP contribution >= 0.6 is 0 Å². The third-order valence-corrected chi connectivity index (χ3v) is 2.03. The van der Waals surface area contributed by atoms with E-state index >= 15 is 0 Å². The second kappa shape index (κ2) is 4.23. The van der Waals surface area contributed by atoms with E-state index in [2.05, 4.69) is 10.6 Å². The maximum absolute atomic E-state index is 11.1. The molecule has 13 heavy (non-hydrogen) atoms. The Morgan fingerprint density at radius 3 is 2.92 bits per heavy atom. The molecule has 0 aromatic carbocycles. The van der Waals surface area contributed by atoms with Crippen LogP contribution in [0.25, 0.3) is 0 Å². The van der Waals surface area contributed by atoms with Crippen LogP contribution < -0.4 is 16.4 Å². The predicted octanol–water partition coefficient (Wildman–Crippen LogP) is -1.27. The minimum Gasteiger partial charge on any atom is -0.354 e. The summed E-state index contributed by atoms with van der Waals surface area (Å²) in [5.41, 5.74) is 5.38. The maximum Gasteiger partial charge on any atom is 0.236 e. The van der Waals surface area contributed by atoms with Crippen molar-refractivity contribution < 1.29 is 9.59 Å². The summed E-state index contributed by atoms with van der Waals surface area (Å²) in [4.78, 5) is 21.9. The maximum atomic E-state index is 11.1. The number of carbonyl (C=O) groups is 2. The summed E-state index contributed by atoms with van der Waals surface area (Å²) in [5, 5.41) is 5.44. The van der Waals surface area contributed by atoms with Crippen molar-refractivity contribution in [1.82, 2.24) is 10.6 Å². The van der Waals surface area contributed by atoms with Gasteiger partial charge in [-0.15, -0.1) is 0 Å². The Morgan fingerprint density at radius 2 is 2.46 bits per heavy atom. The number of carbonyl (C=O) groups excluding carboxylic acids is 2. The summed E-state index contributed by atoms with van der Waals surface area (Å²) in [6, 6.07) is -0.450. The Morgan fingerprint density at radius 1 is 1.77 bits per heavy atom. The first-order valence-electron chi connectivity index (χ1n) is 4.42. The molecule has 1 heterocycles. The van der Waals surface area contributed by atoms with Crippen molar-refractivity contribution in [3.05, 3.63) is 0 Å². The minimum absolute atomic E-state index is 0.0381. The minimum atomic E-state index is -0.488. The standard InChI is InChI=1S/C8H15N3O2/c1-5(9)8(13)11-6-2-3-7(12)10-4-6/h5-6H,2-4,9H2,1H3,(H,10,12)(H,11,13)/t5-,6?/m1/s1. The molecule has 0 spiro atoms. The Balaban J connectivity index is 2.30. The summed E-state index contributed by atoms with van der Waals surface area (Å²) in [6.45, 7) is 2.15. The molecule has 1 unspecified atom stereocenters. The van der Waals surface area contributed by atoms with Gasteiger partial charge in [-0.3, -0.25) is 9.59 Å². The van der Waals surface area contributed by atoms with Gasteiger partial charge < -0.3 is 16.4 Å². The van der Waals surface area contributed by atoms with E-state index in [0.717, 1.165) is 0 Å². The van der Waals surface area contributed by atoms with Crippen LogP contribution in [0.3, 0.4) is 0 Å². The molecule has 1 aliphatic rings. The third-order valence-electron chi connectivity index (χ3n) is 2.03. The van der Waals surface area contributed by atoms with Gasteiger partial charge in [-0.25, -0.2) is 0 Å². The Bertz CT molecular complexity index is 205. The lowest BCUT2D eigenvalue weighted by Crippen LogP contribution is -2.51. The first-order chi connectivity index (χ1) is 6.09. The van der Waals surface area contributed by atoms with Gasteiger partial charge in [0.05, 0.1) is 6.04 Å². The van der Waals surface area contributed by atoms with Crippen molar-refractivity contribution in [3.63, 3.8) is 0 Å². The summed E-state index contributed by atoms with van der Waals surface area (Å²) in [7, 11) is 0. The Kier molecular flexibility index (Phi) is 3.25. The van der Waals surface area contributed by atoms with E-state index in [1.165, 1.54) is 0 Å². The second-order valence-corrected chi connectivity index (χ2v) is 3.34.